The van der Waals surface area contributed by atoms with Crippen LogP contribution in [0.25, 0.3) is 0 Å². The highest BCUT2D eigenvalue weighted by Crippen LogP contribution is 2.12. The first-order valence-electron chi connectivity index (χ1n) is 5.06. The van der Waals surface area contributed by atoms with Gasteiger partial charge in [-0.2, -0.15) is 10.2 Å². The Morgan fingerprint density at radius 1 is 1.59 bits per heavy atom. The molecule has 0 saturated carbocycles. The first-order chi connectivity index (χ1) is 8.16. The van der Waals surface area contributed by atoms with Gasteiger partial charge in [-0.1, -0.05) is 0 Å². The van der Waals surface area contributed by atoms with Crippen LogP contribution in [0.15, 0.2) is 22.6 Å². The van der Waals surface area contributed by atoms with E-state index in [4.69, 9.17) is 0 Å². The van der Waals surface area contributed by atoms with E-state index < -0.39 is 0 Å². The largest absolute Gasteiger partial charge is 0.291 e. The van der Waals surface area contributed by atoms with E-state index >= 15 is 0 Å². The maximum absolute atomic E-state index is 11.6. The predicted molar refractivity (Wildman–Crippen MR) is 67.4 cm³/mol. The number of rotatable bonds is 3. The summed E-state index contributed by atoms with van der Waals surface area (Å²) in [5.74, 6) is -0.320. The van der Waals surface area contributed by atoms with Crippen molar-refractivity contribution >= 4 is 23.5 Å². The second-order valence-electron chi connectivity index (χ2n) is 3.60. The van der Waals surface area contributed by atoms with Gasteiger partial charge < -0.3 is 0 Å². The summed E-state index contributed by atoms with van der Waals surface area (Å²) in [6, 6.07) is 3.67. The Bertz CT molecular complexity index is 555. The third-order valence-corrected chi connectivity index (χ3v) is 3.14. The topological polar surface area (TPSA) is 70.1 Å². The molecular weight excluding hydrogens is 236 g/mol. The SMILES string of the molecule is Cc1cc(C(=O)N/N=C\c2sccc2C)n[nH]1. The zero-order valence-electron chi connectivity index (χ0n) is 9.52. The van der Waals surface area contributed by atoms with E-state index in [1.54, 1.807) is 23.6 Å². The molecule has 0 aliphatic carbocycles. The summed E-state index contributed by atoms with van der Waals surface area (Å²) < 4.78 is 0. The van der Waals surface area contributed by atoms with Crippen LogP contribution < -0.4 is 5.43 Å². The molecule has 0 atom stereocenters. The lowest BCUT2D eigenvalue weighted by Gasteiger charge is -1.94. The Kier molecular flexibility index (Phi) is 3.34. The van der Waals surface area contributed by atoms with Crippen molar-refractivity contribution in [2.24, 2.45) is 5.10 Å². The highest BCUT2D eigenvalue weighted by molar-refractivity contribution is 7.11. The molecule has 5 nitrogen and oxygen atoms in total. The number of aromatic amines is 1. The predicted octanol–water partition coefficient (Wildman–Crippen LogP) is 1.85. The molecule has 2 rings (SSSR count). The monoisotopic (exact) mass is 248 g/mol. The molecule has 17 heavy (non-hydrogen) atoms. The maximum atomic E-state index is 11.6. The Labute approximate surface area is 103 Å². The second-order valence-corrected chi connectivity index (χ2v) is 4.55. The summed E-state index contributed by atoms with van der Waals surface area (Å²) in [6.07, 6.45) is 1.64. The van der Waals surface area contributed by atoms with E-state index in [-0.39, 0.29) is 5.91 Å². The smallest absolute Gasteiger partial charge is 0.282 e. The first-order valence-corrected chi connectivity index (χ1v) is 5.94. The minimum absolute atomic E-state index is 0.320. The average Bonchev–Trinajstić information content (AvgIpc) is 2.88. The van der Waals surface area contributed by atoms with Crippen LogP contribution in [0.5, 0.6) is 0 Å². The third kappa shape index (κ3) is 2.79. The van der Waals surface area contributed by atoms with Crippen molar-refractivity contribution in [2.45, 2.75) is 13.8 Å². The number of carbonyl (C=O) groups excluding carboxylic acids is 1. The van der Waals surface area contributed by atoms with Gasteiger partial charge in [-0.05, 0) is 36.9 Å². The van der Waals surface area contributed by atoms with E-state index in [1.165, 1.54) is 0 Å². The van der Waals surface area contributed by atoms with Gasteiger partial charge in [0, 0.05) is 10.6 Å². The van der Waals surface area contributed by atoms with E-state index in [0.717, 1.165) is 16.1 Å². The number of nitrogens with one attached hydrogen (secondary N) is 2. The molecule has 0 radical (unpaired) electrons. The van der Waals surface area contributed by atoms with Crippen LogP contribution in [-0.2, 0) is 0 Å². The third-order valence-electron chi connectivity index (χ3n) is 2.19. The maximum Gasteiger partial charge on any atom is 0.291 e. The van der Waals surface area contributed by atoms with Crippen LogP contribution in [0.1, 0.15) is 26.6 Å². The zero-order valence-corrected chi connectivity index (χ0v) is 10.3. The van der Waals surface area contributed by atoms with Crippen LogP contribution in [0.4, 0.5) is 0 Å². The summed E-state index contributed by atoms with van der Waals surface area (Å²) in [4.78, 5) is 12.6. The molecular formula is C11H12N4OS. The van der Waals surface area contributed by atoms with Crippen molar-refractivity contribution in [1.29, 1.82) is 0 Å². The number of aromatic nitrogens is 2. The number of thiophene rings is 1. The first kappa shape index (κ1) is 11.5. The molecule has 0 aromatic carbocycles. The summed E-state index contributed by atoms with van der Waals surface area (Å²) in [5, 5.41) is 12.4. The number of hydrazone groups is 1. The minimum atomic E-state index is -0.320. The number of carbonyl (C=O) groups is 1. The van der Waals surface area contributed by atoms with E-state index in [2.05, 4.69) is 20.7 Å². The molecule has 0 bridgehead atoms. The van der Waals surface area contributed by atoms with Crippen molar-refractivity contribution in [3.8, 4) is 0 Å². The molecule has 0 aliphatic heterocycles. The normalized spacial score (nSPS) is 10.9. The van der Waals surface area contributed by atoms with Gasteiger partial charge in [0.2, 0.25) is 0 Å². The van der Waals surface area contributed by atoms with Gasteiger partial charge in [0.15, 0.2) is 5.69 Å². The fourth-order valence-corrected chi connectivity index (χ4v) is 2.04. The number of aryl methyl sites for hydroxylation is 2. The fourth-order valence-electron chi connectivity index (χ4n) is 1.26. The summed E-state index contributed by atoms with van der Waals surface area (Å²) >= 11 is 1.58. The van der Waals surface area contributed by atoms with Gasteiger partial charge in [-0.15, -0.1) is 11.3 Å². The molecule has 2 N–H and O–H groups in total. The van der Waals surface area contributed by atoms with Gasteiger partial charge in [-0.25, -0.2) is 5.43 Å². The van der Waals surface area contributed by atoms with Crippen molar-refractivity contribution in [1.82, 2.24) is 15.6 Å². The lowest BCUT2D eigenvalue weighted by atomic mass is 10.3. The highest BCUT2D eigenvalue weighted by Gasteiger charge is 2.07. The summed E-state index contributed by atoms with van der Waals surface area (Å²) in [5.41, 5.74) is 4.75. The van der Waals surface area contributed by atoms with Gasteiger partial charge in [0.05, 0.1) is 6.21 Å². The molecule has 2 aromatic heterocycles. The number of hydrogen-bond donors (Lipinski definition) is 2. The number of H-pyrrole nitrogens is 1. The Balaban J connectivity index is 1.97. The highest BCUT2D eigenvalue weighted by atomic mass is 32.1. The van der Waals surface area contributed by atoms with Gasteiger partial charge in [-0.3, -0.25) is 9.89 Å². The van der Waals surface area contributed by atoms with E-state index in [1.807, 2.05) is 25.3 Å². The van der Waals surface area contributed by atoms with Crippen molar-refractivity contribution in [3.63, 3.8) is 0 Å². The van der Waals surface area contributed by atoms with Crippen molar-refractivity contribution in [3.05, 3.63) is 39.3 Å². The molecule has 0 aliphatic rings. The van der Waals surface area contributed by atoms with Crippen molar-refractivity contribution < 1.29 is 4.79 Å². The van der Waals surface area contributed by atoms with Gasteiger partial charge in [0.1, 0.15) is 0 Å². The van der Waals surface area contributed by atoms with E-state index in [9.17, 15) is 4.79 Å². The molecule has 88 valence electrons. The standard InChI is InChI=1S/C11H12N4OS/c1-7-3-4-17-10(7)6-12-15-11(16)9-5-8(2)13-14-9/h3-6H,1-2H3,(H,13,14)(H,15,16)/b12-6-. The van der Waals surface area contributed by atoms with Crippen LogP contribution in [0.3, 0.4) is 0 Å². The average molecular weight is 248 g/mol. The lowest BCUT2D eigenvalue weighted by molar-refractivity contribution is 0.0950. The summed E-state index contributed by atoms with van der Waals surface area (Å²) in [7, 11) is 0. The molecule has 1 amide bonds. The minimum Gasteiger partial charge on any atom is -0.282 e. The van der Waals surface area contributed by atoms with Crippen LogP contribution in [0, 0.1) is 13.8 Å². The van der Waals surface area contributed by atoms with Crippen molar-refractivity contribution in [2.75, 3.05) is 0 Å². The fraction of sp³-hybridized carbons (Fsp3) is 0.182. The molecule has 0 saturated heterocycles. The Morgan fingerprint density at radius 3 is 3.00 bits per heavy atom. The summed E-state index contributed by atoms with van der Waals surface area (Å²) in [6.45, 7) is 3.83. The number of hydrogen-bond acceptors (Lipinski definition) is 4. The van der Waals surface area contributed by atoms with Crippen LogP contribution in [-0.4, -0.2) is 22.3 Å². The number of amides is 1. The molecule has 0 spiro atoms. The zero-order chi connectivity index (χ0) is 12.3. The van der Waals surface area contributed by atoms with Gasteiger partial charge >= 0.3 is 0 Å². The second kappa shape index (κ2) is 4.92. The number of nitrogens with zero attached hydrogens (tertiary/aromatic N) is 2. The molecule has 0 unspecified atom stereocenters. The lowest BCUT2D eigenvalue weighted by Crippen LogP contribution is -2.17. The molecule has 2 heterocycles. The molecule has 2 aromatic rings. The Morgan fingerprint density at radius 2 is 2.41 bits per heavy atom. The molecule has 0 fully saturated rings. The quantitative estimate of drug-likeness (QED) is 0.643. The van der Waals surface area contributed by atoms with Gasteiger partial charge in [0.25, 0.3) is 5.91 Å². The van der Waals surface area contributed by atoms with E-state index in [0.29, 0.717) is 5.69 Å². The Hall–Kier alpha value is -1.95. The van der Waals surface area contributed by atoms with Crippen LogP contribution in [0.2, 0.25) is 0 Å². The molecule has 6 heteroatoms. The van der Waals surface area contributed by atoms with Crippen LogP contribution >= 0.6 is 11.3 Å².